The van der Waals surface area contributed by atoms with Gasteiger partial charge in [-0.15, -0.1) is 0 Å². The molecule has 7 nitrogen and oxygen atoms in total. The highest BCUT2D eigenvalue weighted by Crippen LogP contribution is 2.45. The van der Waals surface area contributed by atoms with Gasteiger partial charge in [-0.05, 0) is 31.4 Å². The second kappa shape index (κ2) is 12.3. The maximum atomic E-state index is 13.5. The van der Waals surface area contributed by atoms with Gasteiger partial charge in [0, 0.05) is 42.3 Å². The van der Waals surface area contributed by atoms with Crippen LogP contribution in [0, 0.1) is 5.41 Å². The van der Waals surface area contributed by atoms with Crippen molar-refractivity contribution in [2.24, 2.45) is 5.41 Å². The van der Waals surface area contributed by atoms with Gasteiger partial charge in [-0.2, -0.15) is 0 Å². The van der Waals surface area contributed by atoms with Crippen LogP contribution in [0.3, 0.4) is 0 Å². The molecule has 35 heavy (non-hydrogen) atoms. The molecule has 0 heterocycles. The van der Waals surface area contributed by atoms with Crippen LogP contribution in [0.25, 0.3) is 0 Å². The van der Waals surface area contributed by atoms with E-state index in [0.29, 0.717) is 34.3 Å². The minimum atomic E-state index is -1.03. The van der Waals surface area contributed by atoms with E-state index >= 15 is 0 Å². The molecule has 0 radical (unpaired) electrons. The van der Waals surface area contributed by atoms with Gasteiger partial charge in [-0.25, -0.2) is 0 Å². The summed E-state index contributed by atoms with van der Waals surface area (Å²) in [5.41, 5.74) is 1.59. The summed E-state index contributed by atoms with van der Waals surface area (Å²) in [5.74, 6) is -0.314. The molecule has 2 rings (SSSR count). The number of carbonyl (C=O) groups is 2. The van der Waals surface area contributed by atoms with Crippen molar-refractivity contribution >= 4 is 29.2 Å². The first-order valence-corrected chi connectivity index (χ1v) is 11.9. The van der Waals surface area contributed by atoms with Crippen molar-refractivity contribution in [2.75, 3.05) is 25.7 Å². The number of amides is 1. The average molecular weight is 506 g/mol. The highest BCUT2D eigenvalue weighted by atomic mass is 35.5. The quantitative estimate of drug-likeness (QED) is 0.396. The van der Waals surface area contributed by atoms with E-state index in [2.05, 4.69) is 0 Å². The molecule has 0 spiro atoms. The van der Waals surface area contributed by atoms with Gasteiger partial charge >= 0.3 is 5.97 Å². The summed E-state index contributed by atoms with van der Waals surface area (Å²) >= 11 is 6.54. The lowest BCUT2D eigenvalue weighted by atomic mass is 9.93. The number of carboxylic acid groups (broad SMARTS) is 1. The highest BCUT2D eigenvalue weighted by molar-refractivity contribution is 6.31. The second-order valence-electron chi connectivity index (χ2n) is 9.80. The Morgan fingerprint density at radius 2 is 1.69 bits per heavy atom. The average Bonchev–Trinajstić information content (AvgIpc) is 2.76. The number of hydrogen-bond donors (Lipinski definition) is 1. The number of rotatable bonds is 11. The van der Waals surface area contributed by atoms with Gasteiger partial charge in [0.05, 0.1) is 25.3 Å². The fraction of sp³-hybridized carbons (Fsp3) is 0.481. The first kappa shape index (κ1) is 28.5. The zero-order valence-electron chi connectivity index (χ0n) is 21.6. The van der Waals surface area contributed by atoms with Crippen LogP contribution in [-0.4, -0.2) is 43.9 Å². The molecule has 0 bridgehead atoms. The smallest absolute Gasteiger partial charge is 0.303 e. The molecule has 1 amide bonds. The van der Waals surface area contributed by atoms with Crippen LogP contribution < -0.4 is 14.4 Å². The van der Waals surface area contributed by atoms with Crippen molar-refractivity contribution < 1.29 is 28.9 Å². The Hall–Kier alpha value is -2.77. The van der Waals surface area contributed by atoms with Crippen LogP contribution in [0.1, 0.15) is 64.7 Å². The number of para-hydroxylation sites is 1. The van der Waals surface area contributed by atoms with E-state index in [1.807, 2.05) is 58.9 Å². The van der Waals surface area contributed by atoms with E-state index in [9.17, 15) is 14.7 Å². The summed E-state index contributed by atoms with van der Waals surface area (Å²) < 4.78 is 17.7. The van der Waals surface area contributed by atoms with Crippen molar-refractivity contribution in [2.45, 2.75) is 59.7 Å². The maximum Gasteiger partial charge on any atom is 0.303 e. The van der Waals surface area contributed by atoms with Crippen LogP contribution in [0.2, 0.25) is 5.02 Å². The first-order chi connectivity index (χ1) is 16.4. The van der Waals surface area contributed by atoms with Gasteiger partial charge in [0.15, 0.2) is 0 Å². The van der Waals surface area contributed by atoms with Gasteiger partial charge in [0.1, 0.15) is 17.6 Å². The molecule has 0 unspecified atom stereocenters. The van der Waals surface area contributed by atoms with Crippen molar-refractivity contribution in [3.05, 3.63) is 52.5 Å². The van der Waals surface area contributed by atoms with Gasteiger partial charge in [0.2, 0.25) is 5.91 Å². The monoisotopic (exact) mass is 505 g/mol. The number of ether oxygens (including phenoxy) is 3. The zero-order valence-corrected chi connectivity index (χ0v) is 22.3. The van der Waals surface area contributed by atoms with Gasteiger partial charge < -0.3 is 24.2 Å². The number of hydrogen-bond acceptors (Lipinski definition) is 5. The van der Waals surface area contributed by atoms with Crippen LogP contribution in [0.4, 0.5) is 5.69 Å². The number of aliphatic carboxylic acids is 1. The molecule has 0 fully saturated rings. The largest absolute Gasteiger partial charge is 0.496 e. The van der Waals surface area contributed by atoms with E-state index in [-0.39, 0.29) is 30.3 Å². The Labute approximate surface area is 212 Å². The van der Waals surface area contributed by atoms with Crippen LogP contribution >= 0.6 is 11.6 Å². The highest BCUT2D eigenvalue weighted by Gasteiger charge is 2.32. The van der Waals surface area contributed by atoms with Crippen molar-refractivity contribution in [1.82, 2.24) is 0 Å². The molecule has 1 N–H and O–H groups in total. The Bertz CT molecular complexity index is 1030. The Kier molecular flexibility index (Phi) is 9.98. The lowest BCUT2D eigenvalue weighted by molar-refractivity contribution is -0.138. The molecule has 1 atom stereocenters. The van der Waals surface area contributed by atoms with Crippen molar-refractivity contribution in [3.8, 4) is 11.5 Å². The predicted octanol–water partition coefficient (Wildman–Crippen LogP) is 6.12. The summed E-state index contributed by atoms with van der Waals surface area (Å²) in [6.07, 6.45) is -1.26. The molecule has 0 aliphatic rings. The third-order valence-electron chi connectivity index (χ3n) is 5.13. The van der Waals surface area contributed by atoms with Gasteiger partial charge in [-0.1, -0.05) is 50.6 Å². The Morgan fingerprint density at radius 3 is 2.23 bits per heavy atom. The summed E-state index contributed by atoms with van der Waals surface area (Å²) in [5, 5.41) is 9.62. The molecule has 0 aliphatic carbocycles. The summed E-state index contributed by atoms with van der Waals surface area (Å²) in [4.78, 5) is 26.3. The molecule has 2 aromatic rings. The van der Waals surface area contributed by atoms with Crippen LogP contribution in [0.5, 0.6) is 11.5 Å². The van der Waals surface area contributed by atoms with Gasteiger partial charge in [-0.3, -0.25) is 9.59 Å². The van der Waals surface area contributed by atoms with Crippen molar-refractivity contribution in [1.29, 1.82) is 0 Å². The van der Waals surface area contributed by atoms with Gasteiger partial charge in [0.25, 0.3) is 0 Å². The Balaban J connectivity index is 2.84. The molecule has 192 valence electrons. The molecule has 0 aromatic heterocycles. The van der Waals surface area contributed by atoms with E-state index < -0.39 is 12.1 Å². The minimum Gasteiger partial charge on any atom is -0.496 e. The number of carbonyl (C=O) groups excluding carboxylic acids is 1. The van der Waals surface area contributed by atoms with E-state index in [0.717, 1.165) is 5.56 Å². The number of nitrogens with zero attached hydrogens (tertiary/aromatic N) is 1. The number of halogens is 1. The fourth-order valence-electron chi connectivity index (χ4n) is 3.85. The number of methoxy groups -OCH3 is 2. The molecule has 8 heteroatoms. The minimum absolute atomic E-state index is 0.152. The second-order valence-corrected chi connectivity index (χ2v) is 10.2. The van der Waals surface area contributed by atoms with E-state index in [1.54, 1.807) is 31.3 Å². The molecular formula is C27H36ClNO6. The molecule has 2 aromatic carbocycles. The summed E-state index contributed by atoms with van der Waals surface area (Å²) in [7, 11) is 3.16. The molecular weight excluding hydrogens is 470 g/mol. The van der Waals surface area contributed by atoms with Crippen LogP contribution in [0.15, 0.2) is 36.4 Å². The topological polar surface area (TPSA) is 85.3 Å². The number of benzene rings is 2. The third kappa shape index (κ3) is 7.87. The predicted molar refractivity (Wildman–Crippen MR) is 138 cm³/mol. The normalized spacial score (nSPS) is 12.4. The van der Waals surface area contributed by atoms with E-state index in [1.165, 1.54) is 0 Å². The fourth-order valence-corrected chi connectivity index (χ4v) is 4.06. The maximum absolute atomic E-state index is 13.5. The molecule has 0 aliphatic heterocycles. The van der Waals surface area contributed by atoms with Crippen LogP contribution in [-0.2, 0) is 14.3 Å². The third-order valence-corrected chi connectivity index (χ3v) is 5.35. The first-order valence-electron chi connectivity index (χ1n) is 11.6. The summed E-state index contributed by atoms with van der Waals surface area (Å²) in [6.45, 7) is 10.1. The lowest BCUT2D eigenvalue weighted by Crippen LogP contribution is -2.39. The number of carboxylic acids is 1. The standard InChI is InChI=1S/C27H36ClNO6/c1-17(2)35-22-15-18(28)14-20(26(34-7)19-10-8-9-11-21(19)33-6)25(22)29(16-27(3,4)5)23(30)12-13-24(31)32/h8-11,14-15,17,26H,12-13,16H2,1-7H3,(H,31,32)/t26-/m1/s1. The molecule has 0 saturated carbocycles. The SMILES string of the molecule is COc1ccccc1[C@@H](OC)c1cc(Cl)cc(OC(C)C)c1N(CC(C)(C)C)C(=O)CCC(=O)O. The zero-order chi connectivity index (χ0) is 26.3. The Morgan fingerprint density at radius 1 is 1.03 bits per heavy atom. The number of anilines is 1. The van der Waals surface area contributed by atoms with E-state index in [4.69, 9.17) is 25.8 Å². The molecule has 0 saturated heterocycles. The lowest BCUT2D eigenvalue weighted by Gasteiger charge is -2.35. The summed E-state index contributed by atoms with van der Waals surface area (Å²) in [6, 6.07) is 10.9. The van der Waals surface area contributed by atoms with Crippen molar-refractivity contribution in [3.63, 3.8) is 0 Å².